The lowest BCUT2D eigenvalue weighted by molar-refractivity contribution is 0.0224. The van der Waals surface area contributed by atoms with Crippen molar-refractivity contribution >= 4 is 0 Å². The summed E-state index contributed by atoms with van der Waals surface area (Å²) < 4.78 is 19.9. The number of hydrogen-bond donors (Lipinski definition) is 0. The van der Waals surface area contributed by atoms with Gasteiger partial charge in [0.2, 0.25) is 0 Å². The molecule has 27 heavy (non-hydrogen) atoms. The van der Waals surface area contributed by atoms with Crippen LogP contribution in [0.3, 0.4) is 0 Å². The maximum Gasteiger partial charge on any atom is 0.128 e. The molecule has 0 saturated heterocycles. The summed E-state index contributed by atoms with van der Waals surface area (Å²) in [6.07, 6.45) is 13.4. The van der Waals surface area contributed by atoms with Crippen molar-refractivity contribution in [3.63, 3.8) is 0 Å². The molecule has 4 atom stereocenters. The summed E-state index contributed by atoms with van der Waals surface area (Å²) in [7, 11) is 0. The van der Waals surface area contributed by atoms with Gasteiger partial charge in [0.05, 0.1) is 12.7 Å². The van der Waals surface area contributed by atoms with Gasteiger partial charge in [-0.2, -0.15) is 0 Å². The highest BCUT2D eigenvalue weighted by molar-refractivity contribution is 5.16. The lowest BCUT2D eigenvalue weighted by atomic mass is 9.82. The van der Waals surface area contributed by atoms with E-state index in [1.54, 1.807) is 6.07 Å². The second kappa shape index (κ2) is 9.37. The van der Waals surface area contributed by atoms with E-state index in [1.165, 1.54) is 63.0 Å². The van der Waals surface area contributed by atoms with E-state index in [4.69, 9.17) is 4.74 Å². The Kier molecular flexibility index (Phi) is 7.14. The van der Waals surface area contributed by atoms with Crippen LogP contribution in [-0.2, 0) is 11.3 Å². The minimum Gasteiger partial charge on any atom is -0.373 e. The Morgan fingerprint density at radius 1 is 1.33 bits per heavy atom. The zero-order valence-electron chi connectivity index (χ0n) is 17.3. The molecule has 0 bridgehead atoms. The number of allylic oxidation sites excluding steroid dienone is 1. The average molecular weight is 373 g/mol. The van der Waals surface area contributed by atoms with Crippen LogP contribution in [0.15, 0.2) is 36.4 Å². The van der Waals surface area contributed by atoms with E-state index in [0.717, 1.165) is 24.2 Å². The molecule has 0 aromatic heterocycles. The molecule has 3 rings (SSSR count). The van der Waals surface area contributed by atoms with Gasteiger partial charge >= 0.3 is 0 Å². The van der Waals surface area contributed by atoms with E-state index in [0.29, 0.717) is 18.1 Å². The van der Waals surface area contributed by atoms with Crippen LogP contribution in [0.5, 0.6) is 0 Å². The van der Waals surface area contributed by atoms with Crippen LogP contribution in [0.25, 0.3) is 0 Å². The molecule has 0 amide bonds. The molecule has 150 valence electrons. The fraction of sp³-hybridized carbons (Fsp3) is 0.680. The maximum atomic E-state index is 13.8. The Balaban J connectivity index is 1.45. The Labute approximate surface area is 165 Å². The van der Waals surface area contributed by atoms with Crippen molar-refractivity contribution in [3.05, 3.63) is 47.8 Å². The van der Waals surface area contributed by atoms with Crippen LogP contribution in [0.2, 0.25) is 0 Å². The highest BCUT2D eigenvalue weighted by Gasteiger charge is 2.53. The molecule has 1 nitrogen and oxygen atoms in total. The predicted octanol–water partition coefficient (Wildman–Crippen LogP) is 7.45. The van der Waals surface area contributed by atoms with Crippen molar-refractivity contribution < 1.29 is 9.13 Å². The first kappa shape index (κ1) is 20.6. The third-order valence-electron chi connectivity index (χ3n) is 7.20. The topological polar surface area (TPSA) is 9.23 Å². The summed E-state index contributed by atoms with van der Waals surface area (Å²) in [5, 5.41) is 0. The van der Waals surface area contributed by atoms with Crippen LogP contribution in [-0.4, -0.2) is 6.10 Å². The Bertz CT molecular complexity index is 625. The van der Waals surface area contributed by atoms with Gasteiger partial charge in [-0.15, -0.1) is 0 Å². The molecule has 4 unspecified atom stereocenters. The zero-order chi connectivity index (χ0) is 19.3. The summed E-state index contributed by atoms with van der Waals surface area (Å²) in [5.41, 5.74) is 2.65. The van der Waals surface area contributed by atoms with Crippen molar-refractivity contribution in [2.24, 2.45) is 17.3 Å². The van der Waals surface area contributed by atoms with E-state index < -0.39 is 0 Å². The standard InChI is InChI=1S/C25H37FO/c1-4-23(27-18-21-10-5-6-13-24(21)26)16-20(19(2)3)11-9-15-25-14-8-7-12-22(25)17-25/h5-6,10,13,20,22-23H,2,4,7-9,11-12,14-18H2,1,3H3. The first-order valence-electron chi connectivity index (χ1n) is 11.0. The fourth-order valence-corrected chi connectivity index (χ4v) is 5.20. The summed E-state index contributed by atoms with van der Waals surface area (Å²) in [5.74, 6) is 1.39. The highest BCUT2D eigenvalue weighted by Crippen LogP contribution is 2.64. The molecule has 2 aliphatic carbocycles. The van der Waals surface area contributed by atoms with E-state index in [9.17, 15) is 4.39 Å². The van der Waals surface area contributed by atoms with Gasteiger partial charge in [-0.05, 0) is 75.2 Å². The summed E-state index contributed by atoms with van der Waals surface area (Å²) >= 11 is 0. The van der Waals surface area contributed by atoms with Gasteiger partial charge in [0.1, 0.15) is 5.82 Å². The van der Waals surface area contributed by atoms with Crippen LogP contribution in [0.1, 0.15) is 83.6 Å². The lowest BCUT2D eigenvalue weighted by Crippen LogP contribution is -2.18. The van der Waals surface area contributed by atoms with E-state index in [-0.39, 0.29) is 11.9 Å². The smallest absolute Gasteiger partial charge is 0.128 e. The minimum absolute atomic E-state index is 0.172. The normalized spacial score (nSPS) is 26.3. The molecule has 0 radical (unpaired) electrons. The SMILES string of the molecule is C=C(C)C(CCCC12CCCCC1C2)CC(CC)OCc1ccccc1F. The molecule has 2 fully saturated rings. The van der Waals surface area contributed by atoms with Crippen LogP contribution in [0, 0.1) is 23.1 Å². The molecule has 0 N–H and O–H groups in total. The van der Waals surface area contributed by atoms with Gasteiger partial charge in [0, 0.05) is 5.56 Å². The zero-order valence-corrected chi connectivity index (χ0v) is 17.3. The molecule has 1 aromatic rings. The fourth-order valence-electron chi connectivity index (χ4n) is 5.20. The maximum absolute atomic E-state index is 13.8. The van der Waals surface area contributed by atoms with Crippen molar-refractivity contribution in [1.82, 2.24) is 0 Å². The van der Waals surface area contributed by atoms with Crippen molar-refractivity contribution in [2.75, 3.05) is 0 Å². The first-order valence-corrected chi connectivity index (χ1v) is 11.0. The predicted molar refractivity (Wildman–Crippen MR) is 111 cm³/mol. The monoisotopic (exact) mass is 372 g/mol. The number of halogens is 1. The molecule has 1 aromatic carbocycles. The molecular formula is C25H37FO. The van der Waals surface area contributed by atoms with Gasteiger partial charge in [0.15, 0.2) is 0 Å². The molecule has 0 heterocycles. The molecule has 2 saturated carbocycles. The second-order valence-corrected chi connectivity index (χ2v) is 9.11. The lowest BCUT2D eigenvalue weighted by Gasteiger charge is -2.26. The van der Waals surface area contributed by atoms with Gasteiger partial charge in [-0.25, -0.2) is 4.39 Å². The Hall–Kier alpha value is -1.15. The van der Waals surface area contributed by atoms with E-state index >= 15 is 0 Å². The van der Waals surface area contributed by atoms with Crippen molar-refractivity contribution in [1.29, 1.82) is 0 Å². The number of fused-ring (bicyclic) bond motifs is 1. The molecule has 2 aliphatic rings. The van der Waals surface area contributed by atoms with E-state index in [2.05, 4.69) is 20.4 Å². The van der Waals surface area contributed by atoms with Gasteiger partial charge < -0.3 is 4.74 Å². The molecule has 0 aliphatic heterocycles. The Morgan fingerprint density at radius 3 is 2.85 bits per heavy atom. The third-order valence-corrected chi connectivity index (χ3v) is 7.20. The van der Waals surface area contributed by atoms with Crippen LogP contribution >= 0.6 is 0 Å². The molecule has 0 spiro atoms. The quantitative estimate of drug-likeness (QED) is 0.366. The summed E-state index contributed by atoms with van der Waals surface area (Å²) in [6.45, 7) is 8.94. The summed E-state index contributed by atoms with van der Waals surface area (Å²) in [6, 6.07) is 6.92. The third kappa shape index (κ3) is 5.44. The number of rotatable bonds is 11. The van der Waals surface area contributed by atoms with Gasteiger partial charge in [-0.3, -0.25) is 0 Å². The number of hydrogen-bond acceptors (Lipinski definition) is 1. The van der Waals surface area contributed by atoms with Crippen molar-refractivity contribution in [3.8, 4) is 0 Å². The number of ether oxygens (including phenoxy) is 1. The Morgan fingerprint density at radius 2 is 2.15 bits per heavy atom. The van der Waals surface area contributed by atoms with Gasteiger partial charge in [-0.1, -0.05) is 56.5 Å². The first-order chi connectivity index (χ1) is 13.0. The van der Waals surface area contributed by atoms with E-state index in [1.807, 2.05) is 12.1 Å². The number of benzene rings is 1. The van der Waals surface area contributed by atoms with Crippen molar-refractivity contribution in [2.45, 2.75) is 90.8 Å². The van der Waals surface area contributed by atoms with Crippen LogP contribution < -0.4 is 0 Å². The average Bonchev–Trinajstić information content (AvgIpc) is 3.39. The second-order valence-electron chi connectivity index (χ2n) is 9.11. The molecule has 2 heteroatoms. The summed E-state index contributed by atoms with van der Waals surface area (Å²) in [4.78, 5) is 0. The highest BCUT2D eigenvalue weighted by atomic mass is 19.1. The van der Waals surface area contributed by atoms with Crippen LogP contribution in [0.4, 0.5) is 4.39 Å². The van der Waals surface area contributed by atoms with Gasteiger partial charge in [0.25, 0.3) is 0 Å². The minimum atomic E-state index is -0.172. The largest absolute Gasteiger partial charge is 0.373 e. The molecular weight excluding hydrogens is 335 g/mol.